The van der Waals surface area contributed by atoms with Crippen LogP contribution in [0.5, 0.6) is 0 Å². The van der Waals surface area contributed by atoms with Crippen molar-refractivity contribution in [3.05, 3.63) is 21.9 Å². The number of thiophene rings is 1. The van der Waals surface area contributed by atoms with Crippen LogP contribution >= 0.6 is 23.7 Å². The minimum absolute atomic E-state index is 0. The summed E-state index contributed by atoms with van der Waals surface area (Å²) in [6, 6.07) is 1.71. The summed E-state index contributed by atoms with van der Waals surface area (Å²) < 4.78 is 0. The highest BCUT2D eigenvalue weighted by molar-refractivity contribution is 7.10. The molecule has 5 heteroatoms. The third kappa shape index (κ3) is 2.48. The number of nitrogens with two attached hydrogens (primary N) is 2. The highest BCUT2D eigenvalue weighted by Gasteiger charge is 2.06. The van der Waals surface area contributed by atoms with Crippen LogP contribution in [0.15, 0.2) is 11.4 Å². The lowest BCUT2D eigenvalue weighted by Gasteiger charge is -1.97. The van der Waals surface area contributed by atoms with Gasteiger partial charge in [0.2, 0.25) is 5.91 Å². The third-order valence-corrected chi connectivity index (χ3v) is 2.49. The van der Waals surface area contributed by atoms with E-state index < -0.39 is 5.91 Å². The molecular weight excluding hydrogens is 196 g/mol. The molecule has 0 bridgehead atoms. The van der Waals surface area contributed by atoms with Crippen LogP contribution in [0.4, 0.5) is 0 Å². The molecule has 68 valence electrons. The van der Waals surface area contributed by atoms with E-state index in [1.165, 1.54) is 11.3 Å². The average Bonchev–Trinajstić information content (AvgIpc) is 2.33. The van der Waals surface area contributed by atoms with Crippen molar-refractivity contribution >= 4 is 29.7 Å². The number of amides is 1. The van der Waals surface area contributed by atoms with Gasteiger partial charge in [-0.3, -0.25) is 4.79 Å². The molecule has 0 fully saturated rings. The zero-order valence-electron chi connectivity index (χ0n) is 6.61. The van der Waals surface area contributed by atoms with Crippen LogP contribution in [-0.4, -0.2) is 5.91 Å². The Hall–Kier alpha value is -0.580. The number of halogens is 1. The first kappa shape index (κ1) is 11.4. The van der Waals surface area contributed by atoms with E-state index in [1.807, 2.05) is 6.92 Å². The largest absolute Gasteiger partial charge is 0.366 e. The normalized spacial score (nSPS) is 11.8. The Labute approximate surface area is 81.2 Å². The molecule has 1 aromatic heterocycles. The third-order valence-electron chi connectivity index (χ3n) is 1.35. The molecule has 1 heterocycles. The Kier molecular flexibility index (Phi) is 4.23. The highest BCUT2D eigenvalue weighted by Crippen LogP contribution is 2.19. The summed E-state index contributed by atoms with van der Waals surface area (Å²) in [6.45, 7) is 1.87. The Bertz CT molecular complexity index is 272. The summed E-state index contributed by atoms with van der Waals surface area (Å²) >= 11 is 1.46. The average molecular weight is 207 g/mol. The molecule has 0 saturated carbocycles. The summed E-state index contributed by atoms with van der Waals surface area (Å²) in [6.07, 6.45) is 0. The van der Waals surface area contributed by atoms with E-state index in [9.17, 15) is 4.79 Å². The maximum Gasteiger partial charge on any atom is 0.249 e. The van der Waals surface area contributed by atoms with Crippen molar-refractivity contribution in [2.45, 2.75) is 13.0 Å². The topological polar surface area (TPSA) is 69.1 Å². The first-order valence-corrected chi connectivity index (χ1v) is 4.13. The second-order valence-electron chi connectivity index (χ2n) is 2.39. The van der Waals surface area contributed by atoms with E-state index in [-0.39, 0.29) is 18.4 Å². The number of carbonyl (C=O) groups is 1. The number of carbonyl (C=O) groups excluding carboxylic acids is 1. The Balaban J connectivity index is 0.00000121. The van der Waals surface area contributed by atoms with Gasteiger partial charge in [-0.05, 0) is 13.0 Å². The zero-order valence-corrected chi connectivity index (χ0v) is 8.24. The highest BCUT2D eigenvalue weighted by atomic mass is 35.5. The minimum atomic E-state index is -0.395. The fourth-order valence-corrected chi connectivity index (χ4v) is 1.58. The molecule has 3 nitrogen and oxygen atoms in total. The summed E-state index contributed by atoms with van der Waals surface area (Å²) in [5.41, 5.74) is 11.2. The minimum Gasteiger partial charge on any atom is -0.366 e. The van der Waals surface area contributed by atoms with Gasteiger partial charge >= 0.3 is 0 Å². The van der Waals surface area contributed by atoms with E-state index in [1.54, 1.807) is 11.4 Å². The lowest BCUT2D eigenvalue weighted by molar-refractivity contribution is 0.100. The molecule has 0 radical (unpaired) electrons. The molecule has 1 rings (SSSR count). The van der Waals surface area contributed by atoms with Gasteiger partial charge in [0.1, 0.15) is 0 Å². The summed E-state index contributed by atoms with van der Waals surface area (Å²) in [5.74, 6) is -0.395. The predicted octanol–water partition coefficient (Wildman–Crippen LogP) is 1.29. The van der Waals surface area contributed by atoms with Crippen molar-refractivity contribution in [1.29, 1.82) is 0 Å². The Morgan fingerprint density at radius 1 is 1.67 bits per heavy atom. The van der Waals surface area contributed by atoms with E-state index in [0.717, 1.165) is 4.88 Å². The molecule has 0 aliphatic heterocycles. The molecule has 0 aliphatic rings. The van der Waals surface area contributed by atoms with Crippen LogP contribution in [-0.2, 0) is 0 Å². The van der Waals surface area contributed by atoms with Crippen LogP contribution in [0.25, 0.3) is 0 Å². The van der Waals surface area contributed by atoms with E-state index in [2.05, 4.69) is 0 Å². The molecule has 1 amide bonds. The first-order valence-electron chi connectivity index (χ1n) is 3.25. The Morgan fingerprint density at radius 2 is 2.25 bits per heavy atom. The SMILES string of the molecule is C[C@@H](N)c1cc(C(N)=O)cs1.Cl. The van der Waals surface area contributed by atoms with E-state index >= 15 is 0 Å². The van der Waals surface area contributed by atoms with Gasteiger partial charge in [0, 0.05) is 16.3 Å². The van der Waals surface area contributed by atoms with Crippen LogP contribution in [0.2, 0.25) is 0 Å². The standard InChI is InChI=1S/C7H10N2OS.ClH/c1-4(8)6-2-5(3-11-6)7(9)10;/h2-4H,8H2,1H3,(H2,9,10);1H/t4-;/m1./s1. The van der Waals surface area contributed by atoms with Crippen molar-refractivity contribution in [3.63, 3.8) is 0 Å². The van der Waals surface area contributed by atoms with Gasteiger partial charge in [-0.25, -0.2) is 0 Å². The molecular formula is C7H11ClN2OS. The molecule has 4 N–H and O–H groups in total. The van der Waals surface area contributed by atoms with Gasteiger partial charge in [-0.15, -0.1) is 23.7 Å². The maximum atomic E-state index is 10.6. The Morgan fingerprint density at radius 3 is 2.50 bits per heavy atom. The van der Waals surface area contributed by atoms with Gasteiger partial charge in [0.15, 0.2) is 0 Å². The number of hydrogen-bond acceptors (Lipinski definition) is 3. The molecule has 0 spiro atoms. The van der Waals surface area contributed by atoms with E-state index in [0.29, 0.717) is 5.56 Å². The van der Waals surface area contributed by atoms with E-state index in [4.69, 9.17) is 11.5 Å². The predicted molar refractivity (Wildman–Crippen MR) is 52.7 cm³/mol. The second-order valence-corrected chi connectivity index (χ2v) is 3.33. The first-order chi connectivity index (χ1) is 5.11. The van der Waals surface area contributed by atoms with Crippen LogP contribution < -0.4 is 11.5 Å². The summed E-state index contributed by atoms with van der Waals surface area (Å²) in [7, 11) is 0. The van der Waals surface area contributed by atoms with Crippen molar-refractivity contribution < 1.29 is 4.79 Å². The van der Waals surface area contributed by atoms with Gasteiger partial charge in [0.25, 0.3) is 0 Å². The van der Waals surface area contributed by atoms with Crippen LogP contribution in [0, 0.1) is 0 Å². The fourth-order valence-electron chi connectivity index (χ4n) is 0.721. The quantitative estimate of drug-likeness (QED) is 0.766. The van der Waals surface area contributed by atoms with Gasteiger partial charge < -0.3 is 11.5 Å². The number of rotatable bonds is 2. The summed E-state index contributed by atoms with van der Waals surface area (Å²) in [5, 5.41) is 1.72. The molecule has 0 unspecified atom stereocenters. The van der Waals surface area contributed by atoms with Crippen LogP contribution in [0.1, 0.15) is 28.2 Å². The molecule has 1 aromatic rings. The fraction of sp³-hybridized carbons (Fsp3) is 0.286. The molecule has 0 aromatic carbocycles. The van der Waals surface area contributed by atoms with Crippen molar-refractivity contribution in [1.82, 2.24) is 0 Å². The van der Waals surface area contributed by atoms with Crippen molar-refractivity contribution in [3.8, 4) is 0 Å². The van der Waals surface area contributed by atoms with Crippen molar-refractivity contribution in [2.75, 3.05) is 0 Å². The molecule has 1 atom stereocenters. The van der Waals surface area contributed by atoms with Gasteiger partial charge in [-0.1, -0.05) is 0 Å². The van der Waals surface area contributed by atoms with Gasteiger partial charge in [-0.2, -0.15) is 0 Å². The smallest absolute Gasteiger partial charge is 0.249 e. The molecule has 12 heavy (non-hydrogen) atoms. The molecule has 0 aliphatic carbocycles. The monoisotopic (exact) mass is 206 g/mol. The lowest BCUT2D eigenvalue weighted by Crippen LogP contribution is -2.09. The zero-order chi connectivity index (χ0) is 8.43. The van der Waals surface area contributed by atoms with Gasteiger partial charge in [0.05, 0.1) is 5.56 Å². The lowest BCUT2D eigenvalue weighted by atomic mass is 10.2. The number of hydrogen-bond donors (Lipinski definition) is 2. The number of primary amides is 1. The summed E-state index contributed by atoms with van der Waals surface area (Å²) in [4.78, 5) is 11.6. The maximum absolute atomic E-state index is 10.6. The van der Waals surface area contributed by atoms with Crippen molar-refractivity contribution in [2.24, 2.45) is 11.5 Å². The second kappa shape index (κ2) is 4.45. The van der Waals surface area contributed by atoms with Crippen LogP contribution in [0.3, 0.4) is 0 Å². The molecule has 0 saturated heterocycles.